The highest BCUT2D eigenvalue weighted by Crippen LogP contribution is 2.30. The van der Waals surface area contributed by atoms with E-state index in [0.717, 1.165) is 12.1 Å². The van der Waals surface area contributed by atoms with Crippen LogP contribution in [0.2, 0.25) is 0 Å². The average Bonchev–Trinajstić information content (AvgIpc) is 2.24. The van der Waals surface area contributed by atoms with Gasteiger partial charge in [0.25, 0.3) is 0 Å². The minimum Gasteiger partial charge on any atom is -0.192 e. The predicted molar refractivity (Wildman–Crippen MR) is 59.0 cm³/mol. The quantitative estimate of drug-likeness (QED) is 0.789. The summed E-state index contributed by atoms with van der Waals surface area (Å²) in [5.41, 5.74) is -0.473. The van der Waals surface area contributed by atoms with Crippen molar-refractivity contribution in [3.63, 3.8) is 0 Å². The summed E-state index contributed by atoms with van der Waals surface area (Å²) in [6, 6.07) is 4.93. The molecule has 0 N–H and O–H groups in total. The summed E-state index contributed by atoms with van der Waals surface area (Å²) in [5, 5.41) is 8.62. The Morgan fingerprint density at radius 1 is 1.31 bits per heavy atom. The molecule has 0 aromatic heterocycles. The van der Waals surface area contributed by atoms with Gasteiger partial charge in [0.1, 0.15) is 0 Å². The Labute approximate surface area is 96.6 Å². The lowest BCUT2D eigenvalue weighted by Gasteiger charge is -2.07. The van der Waals surface area contributed by atoms with Crippen molar-refractivity contribution in [2.75, 3.05) is 5.75 Å². The number of alkyl halides is 3. The van der Waals surface area contributed by atoms with Gasteiger partial charge in [-0.25, -0.2) is 0 Å². The smallest absolute Gasteiger partial charge is 0.192 e. The maximum Gasteiger partial charge on any atom is 0.416 e. The second-order valence-electron chi connectivity index (χ2n) is 3.04. The second kappa shape index (κ2) is 5.08. The Balaban J connectivity index is 3.23. The lowest BCUT2D eigenvalue weighted by molar-refractivity contribution is -0.137. The summed E-state index contributed by atoms with van der Waals surface area (Å²) >= 11 is 3.91. The monoisotopic (exact) mass is 243 g/mol. The van der Waals surface area contributed by atoms with Crippen LogP contribution in [0, 0.1) is 11.3 Å². The zero-order valence-corrected chi connectivity index (χ0v) is 9.02. The van der Waals surface area contributed by atoms with E-state index in [1.165, 1.54) is 12.1 Å². The highest BCUT2D eigenvalue weighted by atomic mass is 32.1. The summed E-state index contributed by atoms with van der Waals surface area (Å²) in [6.07, 6.45) is -1.32. The predicted octanol–water partition coefficient (Wildman–Crippen LogP) is 3.52. The standard InChI is InChI=1S/C11H8F3NS/c12-11(13,14)10-5-8(2-1-3-16)4-9(6-10)7-15/h1-2,4-6,16H,3H2. The minimum absolute atomic E-state index is 0.00589. The number of hydrogen-bond acceptors (Lipinski definition) is 2. The van der Waals surface area contributed by atoms with Gasteiger partial charge in [-0.05, 0) is 23.8 Å². The third-order valence-corrected chi connectivity index (χ3v) is 2.04. The molecule has 0 unspecified atom stereocenters. The summed E-state index contributed by atoms with van der Waals surface area (Å²) in [5.74, 6) is 0.429. The number of benzene rings is 1. The Bertz CT molecular complexity index is 444. The number of halogens is 3. The highest BCUT2D eigenvalue weighted by Gasteiger charge is 2.30. The summed E-state index contributed by atoms with van der Waals surface area (Å²) in [4.78, 5) is 0. The Morgan fingerprint density at radius 2 is 2.00 bits per heavy atom. The molecule has 0 aliphatic carbocycles. The number of thiol groups is 1. The molecule has 1 aromatic carbocycles. The van der Waals surface area contributed by atoms with Crippen LogP contribution in [0.1, 0.15) is 16.7 Å². The molecule has 0 atom stereocenters. The van der Waals surface area contributed by atoms with Gasteiger partial charge < -0.3 is 0 Å². The number of nitriles is 1. The molecule has 0 bridgehead atoms. The van der Waals surface area contributed by atoms with E-state index in [0.29, 0.717) is 11.3 Å². The SMILES string of the molecule is N#Cc1cc(C=CCS)cc(C(F)(F)F)c1. The van der Waals surface area contributed by atoms with Gasteiger partial charge in [0, 0.05) is 5.75 Å². The first-order valence-electron chi connectivity index (χ1n) is 4.37. The van der Waals surface area contributed by atoms with Crippen molar-refractivity contribution in [1.29, 1.82) is 5.26 Å². The van der Waals surface area contributed by atoms with Crippen LogP contribution in [0.15, 0.2) is 24.3 Å². The third-order valence-electron chi connectivity index (χ3n) is 1.83. The molecule has 1 nitrogen and oxygen atoms in total. The molecule has 16 heavy (non-hydrogen) atoms. The minimum atomic E-state index is -4.43. The van der Waals surface area contributed by atoms with Crippen LogP contribution in [0.25, 0.3) is 6.08 Å². The Hall–Kier alpha value is -1.41. The van der Waals surface area contributed by atoms with Gasteiger partial charge in [-0.2, -0.15) is 31.1 Å². The van der Waals surface area contributed by atoms with Crippen LogP contribution < -0.4 is 0 Å². The van der Waals surface area contributed by atoms with Crippen LogP contribution >= 0.6 is 12.6 Å². The average molecular weight is 243 g/mol. The van der Waals surface area contributed by atoms with Crippen molar-refractivity contribution in [1.82, 2.24) is 0 Å². The molecule has 0 fully saturated rings. The molecule has 1 aromatic rings. The normalized spacial score (nSPS) is 11.7. The lowest BCUT2D eigenvalue weighted by Crippen LogP contribution is -2.05. The topological polar surface area (TPSA) is 23.8 Å². The molecule has 0 radical (unpaired) electrons. The molecule has 0 aliphatic rings. The Kier molecular flexibility index (Phi) is 4.02. The van der Waals surface area contributed by atoms with Crippen molar-refractivity contribution in [3.05, 3.63) is 41.0 Å². The van der Waals surface area contributed by atoms with E-state index < -0.39 is 11.7 Å². The molecule has 1 rings (SSSR count). The molecular weight excluding hydrogens is 235 g/mol. The molecule has 0 spiro atoms. The molecular formula is C11H8F3NS. The summed E-state index contributed by atoms with van der Waals surface area (Å²) < 4.78 is 37.4. The van der Waals surface area contributed by atoms with Crippen LogP contribution in [0.3, 0.4) is 0 Å². The fraction of sp³-hybridized carbons (Fsp3) is 0.182. The van der Waals surface area contributed by atoms with E-state index in [1.54, 1.807) is 12.1 Å². The van der Waals surface area contributed by atoms with Crippen molar-refractivity contribution in [2.24, 2.45) is 0 Å². The van der Waals surface area contributed by atoms with E-state index >= 15 is 0 Å². The van der Waals surface area contributed by atoms with Crippen molar-refractivity contribution in [2.45, 2.75) is 6.18 Å². The van der Waals surface area contributed by atoms with Gasteiger partial charge in [-0.15, -0.1) is 0 Å². The van der Waals surface area contributed by atoms with Gasteiger partial charge in [0.05, 0.1) is 17.2 Å². The summed E-state index contributed by atoms with van der Waals surface area (Å²) in [7, 11) is 0. The fourth-order valence-corrected chi connectivity index (χ4v) is 1.27. The maximum absolute atomic E-state index is 12.5. The highest BCUT2D eigenvalue weighted by molar-refractivity contribution is 7.80. The van der Waals surface area contributed by atoms with E-state index in [4.69, 9.17) is 5.26 Å². The molecule has 5 heteroatoms. The van der Waals surface area contributed by atoms with Crippen LogP contribution in [-0.4, -0.2) is 5.75 Å². The fourth-order valence-electron chi connectivity index (χ4n) is 1.16. The zero-order valence-electron chi connectivity index (χ0n) is 8.12. The molecule has 0 heterocycles. The summed E-state index contributed by atoms with van der Waals surface area (Å²) in [6.45, 7) is 0. The van der Waals surface area contributed by atoms with Crippen LogP contribution in [0.4, 0.5) is 13.2 Å². The number of hydrogen-bond donors (Lipinski definition) is 1. The first kappa shape index (κ1) is 12.7. The molecule has 84 valence electrons. The molecule has 0 saturated heterocycles. The van der Waals surface area contributed by atoms with Crippen molar-refractivity contribution in [3.8, 4) is 6.07 Å². The van der Waals surface area contributed by atoms with E-state index in [-0.39, 0.29) is 5.56 Å². The third kappa shape index (κ3) is 3.31. The first-order valence-corrected chi connectivity index (χ1v) is 5.00. The molecule has 0 aliphatic heterocycles. The first-order chi connectivity index (χ1) is 7.47. The van der Waals surface area contributed by atoms with Crippen molar-refractivity contribution >= 4 is 18.7 Å². The van der Waals surface area contributed by atoms with Crippen molar-refractivity contribution < 1.29 is 13.2 Å². The van der Waals surface area contributed by atoms with E-state index in [1.807, 2.05) is 0 Å². The van der Waals surface area contributed by atoms with Gasteiger partial charge in [0.15, 0.2) is 0 Å². The second-order valence-corrected chi connectivity index (χ2v) is 3.40. The maximum atomic E-state index is 12.5. The lowest BCUT2D eigenvalue weighted by atomic mass is 10.1. The van der Waals surface area contributed by atoms with Gasteiger partial charge >= 0.3 is 6.18 Å². The molecule has 0 amide bonds. The largest absolute Gasteiger partial charge is 0.416 e. The molecule has 0 saturated carbocycles. The van der Waals surface area contributed by atoms with Gasteiger partial charge in [0.2, 0.25) is 0 Å². The van der Waals surface area contributed by atoms with Crippen LogP contribution in [0.5, 0.6) is 0 Å². The zero-order chi connectivity index (χ0) is 12.2. The Morgan fingerprint density at radius 3 is 2.50 bits per heavy atom. The van der Waals surface area contributed by atoms with Crippen LogP contribution in [-0.2, 0) is 6.18 Å². The van der Waals surface area contributed by atoms with Gasteiger partial charge in [-0.3, -0.25) is 0 Å². The van der Waals surface area contributed by atoms with Gasteiger partial charge in [-0.1, -0.05) is 12.2 Å². The van der Waals surface area contributed by atoms with E-state index in [9.17, 15) is 13.2 Å². The van der Waals surface area contributed by atoms with E-state index in [2.05, 4.69) is 12.6 Å². The number of rotatable bonds is 2. The number of nitrogens with zero attached hydrogens (tertiary/aromatic N) is 1.